The topological polar surface area (TPSA) is 87.2 Å². The van der Waals surface area contributed by atoms with Gasteiger partial charge in [0.05, 0.1) is 22.7 Å². The largest absolute Gasteiger partial charge is 0.492 e. The zero-order chi connectivity index (χ0) is 23.7. The third-order valence-corrected chi connectivity index (χ3v) is 7.14. The van der Waals surface area contributed by atoms with Crippen molar-refractivity contribution in [1.29, 1.82) is 0 Å². The van der Waals surface area contributed by atoms with Crippen LogP contribution in [0.25, 0.3) is 0 Å². The second-order valence-electron chi connectivity index (χ2n) is 8.30. The van der Waals surface area contributed by atoms with Gasteiger partial charge in [0.1, 0.15) is 12.6 Å². The number of amides is 3. The number of Topliss-reactive ketones (excluding diaryl/α,β-unsaturated/α-hetero) is 1. The molecule has 2 saturated heterocycles. The number of fused-ring (bicyclic) bond motifs is 1. The number of ketones is 1. The first-order chi connectivity index (χ1) is 16.5. The Labute approximate surface area is 201 Å². The summed E-state index contributed by atoms with van der Waals surface area (Å²) >= 11 is 0.732. The van der Waals surface area contributed by atoms with Crippen LogP contribution in [0.5, 0.6) is 0 Å². The summed E-state index contributed by atoms with van der Waals surface area (Å²) in [5.41, 5.74) is 1.34. The van der Waals surface area contributed by atoms with Crippen molar-refractivity contribution in [2.45, 2.75) is 6.10 Å². The Kier molecular flexibility index (Phi) is 6.10. The normalized spacial score (nSPS) is 25.5. The number of hydrogen-bond acceptors (Lipinski definition) is 7. The van der Waals surface area contributed by atoms with Gasteiger partial charge >= 0.3 is 0 Å². The maximum Gasteiger partial charge on any atom is 0.294 e. The maximum atomic E-state index is 12.9. The van der Waals surface area contributed by atoms with E-state index in [-0.39, 0.29) is 34.8 Å². The van der Waals surface area contributed by atoms with E-state index in [9.17, 15) is 19.2 Å². The van der Waals surface area contributed by atoms with Crippen LogP contribution in [0.3, 0.4) is 0 Å². The molecule has 3 amide bonds. The highest BCUT2D eigenvalue weighted by atomic mass is 32.2. The first kappa shape index (κ1) is 22.2. The Hall–Kier alpha value is -3.59. The average Bonchev–Trinajstić information content (AvgIpc) is 3.13. The van der Waals surface area contributed by atoms with Gasteiger partial charge in [-0.3, -0.25) is 24.1 Å². The van der Waals surface area contributed by atoms with Gasteiger partial charge in [0.15, 0.2) is 5.78 Å². The van der Waals surface area contributed by atoms with Crippen molar-refractivity contribution < 1.29 is 23.9 Å². The lowest BCUT2D eigenvalue weighted by Crippen LogP contribution is -2.51. The average molecular weight is 478 g/mol. The molecule has 0 aromatic heterocycles. The van der Waals surface area contributed by atoms with Gasteiger partial charge < -0.3 is 14.5 Å². The van der Waals surface area contributed by atoms with E-state index < -0.39 is 17.1 Å². The monoisotopic (exact) mass is 477 g/mol. The number of carbonyl (C=O) groups excluding carboxylic acids is 4. The zero-order valence-corrected chi connectivity index (χ0v) is 19.1. The van der Waals surface area contributed by atoms with Gasteiger partial charge in [0, 0.05) is 31.9 Å². The lowest BCUT2D eigenvalue weighted by Gasteiger charge is -2.36. The summed E-state index contributed by atoms with van der Waals surface area (Å²) in [5.74, 6) is -1.46. The molecule has 1 aliphatic carbocycles. The van der Waals surface area contributed by atoms with E-state index in [1.165, 1.54) is 12.3 Å². The van der Waals surface area contributed by atoms with Crippen molar-refractivity contribution in [1.82, 2.24) is 9.80 Å². The van der Waals surface area contributed by atoms with Crippen LogP contribution in [0.15, 0.2) is 77.5 Å². The number of thioether (sulfide) groups is 1. The van der Waals surface area contributed by atoms with Crippen LogP contribution in [0.1, 0.15) is 0 Å². The highest BCUT2D eigenvalue weighted by molar-refractivity contribution is 8.18. The van der Waals surface area contributed by atoms with Crippen molar-refractivity contribution in [3.8, 4) is 0 Å². The molecule has 4 aliphatic rings. The molecule has 2 fully saturated rings. The molecule has 2 unspecified atom stereocenters. The molecule has 1 aromatic carbocycles. The molecule has 5 rings (SSSR count). The number of ether oxygens (including phenoxy) is 1. The van der Waals surface area contributed by atoms with Gasteiger partial charge in [-0.15, -0.1) is 0 Å². The van der Waals surface area contributed by atoms with Crippen LogP contribution in [-0.2, 0) is 19.1 Å². The molecule has 3 aliphatic heterocycles. The number of benzene rings is 1. The van der Waals surface area contributed by atoms with Crippen LogP contribution in [0.4, 0.5) is 10.5 Å². The summed E-state index contributed by atoms with van der Waals surface area (Å²) < 4.78 is 5.60. The van der Waals surface area contributed by atoms with Gasteiger partial charge in [-0.2, -0.15) is 0 Å². The fourth-order valence-electron chi connectivity index (χ4n) is 4.33. The van der Waals surface area contributed by atoms with E-state index in [2.05, 4.69) is 4.90 Å². The molecule has 174 valence electrons. The van der Waals surface area contributed by atoms with E-state index in [4.69, 9.17) is 4.74 Å². The molecule has 1 aromatic rings. The molecule has 0 bridgehead atoms. The van der Waals surface area contributed by atoms with Gasteiger partial charge in [-0.25, -0.2) is 0 Å². The summed E-state index contributed by atoms with van der Waals surface area (Å²) in [6.45, 7) is 2.08. The standard InChI is InChI=1S/C25H23N3O5S/c29-22(27-12-10-26(11-13-27)18-6-2-1-3-7-18)15-28-24(31)21(34-25(28)32)14-17-16-33-20-9-5-4-8-19(20)23(17)30/h1-9,14,16,19-20H,10-13,15H2. The number of piperazine rings is 1. The Balaban J connectivity index is 1.21. The maximum absolute atomic E-state index is 12.9. The number of allylic oxidation sites excluding steroid dienone is 4. The number of carbonyl (C=O) groups is 4. The number of anilines is 1. The molecular formula is C25H23N3O5S. The molecule has 0 saturated carbocycles. The van der Waals surface area contributed by atoms with Gasteiger partial charge in [-0.1, -0.05) is 36.4 Å². The predicted molar refractivity (Wildman–Crippen MR) is 128 cm³/mol. The van der Waals surface area contributed by atoms with E-state index in [1.807, 2.05) is 36.4 Å². The van der Waals surface area contributed by atoms with Gasteiger partial charge in [0.25, 0.3) is 11.1 Å². The molecule has 34 heavy (non-hydrogen) atoms. The fourth-order valence-corrected chi connectivity index (χ4v) is 5.16. The molecular weight excluding hydrogens is 454 g/mol. The van der Waals surface area contributed by atoms with E-state index >= 15 is 0 Å². The van der Waals surface area contributed by atoms with E-state index in [1.54, 1.807) is 23.1 Å². The minimum atomic E-state index is -0.568. The summed E-state index contributed by atoms with van der Waals surface area (Å²) in [6.07, 6.45) is 9.52. The summed E-state index contributed by atoms with van der Waals surface area (Å²) in [5, 5.41) is -0.518. The number of rotatable bonds is 4. The molecule has 8 nitrogen and oxygen atoms in total. The van der Waals surface area contributed by atoms with Crippen molar-refractivity contribution in [3.05, 3.63) is 77.5 Å². The first-order valence-corrected chi connectivity index (χ1v) is 11.9. The molecule has 0 N–H and O–H groups in total. The second kappa shape index (κ2) is 9.34. The molecule has 0 spiro atoms. The van der Waals surface area contributed by atoms with E-state index in [0.29, 0.717) is 26.2 Å². The lowest BCUT2D eigenvalue weighted by atomic mass is 9.88. The Morgan fingerprint density at radius 2 is 1.76 bits per heavy atom. The second-order valence-corrected chi connectivity index (χ2v) is 9.30. The Morgan fingerprint density at radius 3 is 2.53 bits per heavy atom. The van der Waals surface area contributed by atoms with Crippen molar-refractivity contribution in [2.75, 3.05) is 37.6 Å². The fraction of sp³-hybridized carbons (Fsp3) is 0.280. The number of imide groups is 1. The Bertz CT molecular complexity index is 1150. The van der Waals surface area contributed by atoms with E-state index in [0.717, 1.165) is 22.3 Å². The van der Waals surface area contributed by atoms with Crippen LogP contribution < -0.4 is 4.90 Å². The lowest BCUT2D eigenvalue weighted by molar-refractivity contribution is -0.136. The third-order valence-electron chi connectivity index (χ3n) is 6.23. The molecule has 3 heterocycles. The highest BCUT2D eigenvalue weighted by Gasteiger charge is 2.39. The minimum absolute atomic E-state index is 0.115. The first-order valence-electron chi connectivity index (χ1n) is 11.1. The minimum Gasteiger partial charge on any atom is -0.492 e. The third kappa shape index (κ3) is 4.31. The SMILES string of the molecule is O=C1C(C=C2SC(=O)N(CC(=O)N3CCN(c4ccccc4)CC3)C2=O)=COC2C=CC=CC12. The number of nitrogens with zero attached hydrogens (tertiary/aromatic N) is 3. The van der Waals surface area contributed by atoms with Gasteiger partial charge in [0.2, 0.25) is 5.91 Å². The van der Waals surface area contributed by atoms with Crippen LogP contribution in [0, 0.1) is 5.92 Å². The number of hydrogen-bond donors (Lipinski definition) is 0. The predicted octanol–water partition coefficient (Wildman–Crippen LogP) is 2.51. The smallest absolute Gasteiger partial charge is 0.294 e. The van der Waals surface area contributed by atoms with Crippen molar-refractivity contribution in [2.24, 2.45) is 5.92 Å². The molecule has 0 radical (unpaired) electrons. The molecule has 9 heteroatoms. The number of para-hydroxylation sites is 1. The zero-order valence-electron chi connectivity index (χ0n) is 18.3. The van der Waals surface area contributed by atoms with Crippen LogP contribution in [-0.4, -0.2) is 71.5 Å². The van der Waals surface area contributed by atoms with Crippen molar-refractivity contribution in [3.63, 3.8) is 0 Å². The summed E-state index contributed by atoms with van der Waals surface area (Å²) in [4.78, 5) is 55.9. The molecule has 2 atom stereocenters. The highest BCUT2D eigenvalue weighted by Crippen LogP contribution is 2.34. The van der Waals surface area contributed by atoms with Gasteiger partial charge in [-0.05, 0) is 36.0 Å². The quantitative estimate of drug-likeness (QED) is 0.616. The summed E-state index contributed by atoms with van der Waals surface area (Å²) in [7, 11) is 0. The van der Waals surface area contributed by atoms with Crippen LogP contribution >= 0.6 is 11.8 Å². The van der Waals surface area contributed by atoms with Crippen molar-refractivity contribution >= 4 is 40.3 Å². The summed E-state index contributed by atoms with van der Waals surface area (Å²) in [6, 6.07) is 9.98. The Morgan fingerprint density at radius 1 is 1.03 bits per heavy atom. The van der Waals surface area contributed by atoms with Crippen LogP contribution in [0.2, 0.25) is 0 Å².